The molecule has 0 bridgehead atoms. The molecule has 0 spiro atoms. The third kappa shape index (κ3) is 3.20. The van der Waals surface area contributed by atoms with E-state index in [1.807, 2.05) is 0 Å². The van der Waals surface area contributed by atoms with Gasteiger partial charge in [0, 0.05) is 4.91 Å². The Labute approximate surface area is 97.9 Å². The number of rotatable bonds is 6. The van der Waals surface area contributed by atoms with Gasteiger partial charge in [0.25, 0.3) is 0 Å². The average molecular weight is 238 g/mol. The van der Waals surface area contributed by atoms with Crippen LogP contribution in [0.2, 0.25) is 0 Å². The van der Waals surface area contributed by atoms with E-state index in [1.165, 1.54) is 0 Å². The molecule has 0 heterocycles. The van der Waals surface area contributed by atoms with Gasteiger partial charge in [0.2, 0.25) is 9.84 Å². The molecular formula is C13H18O2S. The van der Waals surface area contributed by atoms with Gasteiger partial charge in [0.05, 0.1) is 4.90 Å². The third-order valence-corrected chi connectivity index (χ3v) is 4.35. The predicted octanol–water partition coefficient (Wildman–Crippen LogP) is 3.55. The lowest BCUT2D eigenvalue weighted by Crippen LogP contribution is -2.03. The Bertz CT molecular complexity index is 432. The third-order valence-electron chi connectivity index (χ3n) is 2.49. The van der Waals surface area contributed by atoms with Crippen molar-refractivity contribution in [3.63, 3.8) is 0 Å². The van der Waals surface area contributed by atoms with Crippen LogP contribution >= 0.6 is 0 Å². The van der Waals surface area contributed by atoms with E-state index >= 15 is 0 Å². The van der Waals surface area contributed by atoms with E-state index in [0.29, 0.717) is 16.2 Å². The van der Waals surface area contributed by atoms with Crippen molar-refractivity contribution in [2.45, 2.75) is 37.5 Å². The lowest BCUT2D eigenvalue weighted by Gasteiger charge is -2.07. The summed E-state index contributed by atoms with van der Waals surface area (Å²) < 4.78 is 24.1. The topological polar surface area (TPSA) is 34.1 Å². The number of hydrogen-bond donors (Lipinski definition) is 0. The van der Waals surface area contributed by atoms with E-state index in [1.54, 1.807) is 30.3 Å². The molecule has 3 heteroatoms. The molecule has 88 valence electrons. The first-order valence-electron chi connectivity index (χ1n) is 5.57. The van der Waals surface area contributed by atoms with Crippen molar-refractivity contribution in [2.75, 3.05) is 0 Å². The van der Waals surface area contributed by atoms with E-state index < -0.39 is 9.84 Å². The van der Waals surface area contributed by atoms with Gasteiger partial charge in [-0.2, -0.15) is 0 Å². The van der Waals surface area contributed by atoms with E-state index in [4.69, 9.17) is 0 Å². The number of hydrogen-bond acceptors (Lipinski definition) is 2. The quantitative estimate of drug-likeness (QED) is 0.710. The highest BCUT2D eigenvalue weighted by atomic mass is 32.2. The first-order chi connectivity index (χ1) is 7.59. The van der Waals surface area contributed by atoms with Crippen LogP contribution < -0.4 is 0 Å². The van der Waals surface area contributed by atoms with Crippen LogP contribution in [0.5, 0.6) is 0 Å². The predicted molar refractivity (Wildman–Crippen MR) is 66.9 cm³/mol. The Kier molecular flexibility index (Phi) is 4.74. The highest BCUT2D eigenvalue weighted by Gasteiger charge is 2.17. The van der Waals surface area contributed by atoms with Crippen LogP contribution in [0.3, 0.4) is 0 Å². The van der Waals surface area contributed by atoms with Crippen molar-refractivity contribution in [1.29, 1.82) is 0 Å². The molecule has 2 nitrogen and oxygen atoms in total. The molecule has 0 saturated carbocycles. The molecule has 0 unspecified atom stereocenters. The average Bonchev–Trinajstić information content (AvgIpc) is 2.30. The summed E-state index contributed by atoms with van der Waals surface area (Å²) >= 11 is 0. The standard InChI is InChI=1S/C13H18O2S/c1-3-4-6-9-12(2)16(14,15)13-10-7-5-8-11-13/h5,7-8,10-11H,2-4,6,9H2,1H3. The van der Waals surface area contributed by atoms with E-state index in [-0.39, 0.29) is 0 Å². The number of unbranched alkanes of at least 4 members (excludes halogenated alkanes) is 2. The second kappa shape index (κ2) is 5.85. The molecule has 0 N–H and O–H groups in total. The molecule has 0 saturated heterocycles. The minimum absolute atomic E-state index is 0.326. The van der Waals surface area contributed by atoms with Crippen LogP contribution in [0, 0.1) is 0 Å². The van der Waals surface area contributed by atoms with Crippen LogP contribution in [-0.4, -0.2) is 8.42 Å². The fraction of sp³-hybridized carbons (Fsp3) is 0.385. The largest absolute Gasteiger partial charge is 0.219 e. The van der Waals surface area contributed by atoms with Crippen molar-refractivity contribution >= 4 is 9.84 Å². The molecule has 0 radical (unpaired) electrons. The number of allylic oxidation sites excluding steroid dienone is 1. The zero-order valence-corrected chi connectivity index (χ0v) is 10.5. The summed E-state index contributed by atoms with van der Waals surface area (Å²) in [6, 6.07) is 8.48. The zero-order valence-electron chi connectivity index (χ0n) is 9.65. The van der Waals surface area contributed by atoms with Gasteiger partial charge in [-0.1, -0.05) is 44.5 Å². The minimum atomic E-state index is -3.31. The summed E-state index contributed by atoms with van der Waals surface area (Å²) in [4.78, 5) is 0.670. The molecule has 1 aromatic rings. The molecule has 1 rings (SSSR count). The normalized spacial score (nSPS) is 11.3. The summed E-state index contributed by atoms with van der Waals surface area (Å²) in [5.41, 5.74) is 0. The van der Waals surface area contributed by atoms with Gasteiger partial charge >= 0.3 is 0 Å². The highest BCUT2D eigenvalue weighted by molar-refractivity contribution is 7.95. The van der Waals surface area contributed by atoms with Crippen molar-refractivity contribution in [3.8, 4) is 0 Å². The second-order valence-electron chi connectivity index (χ2n) is 3.81. The lowest BCUT2D eigenvalue weighted by molar-refractivity contribution is 0.598. The molecule has 0 aliphatic carbocycles. The Balaban J connectivity index is 2.75. The highest BCUT2D eigenvalue weighted by Crippen LogP contribution is 2.21. The molecule has 0 atom stereocenters. The van der Waals surface area contributed by atoms with Gasteiger partial charge in [0.1, 0.15) is 0 Å². The Morgan fingerprint density at radius 2 is 1.81 bits per heavy atom. The number of benzene rings is 1. The summed E-state index contributed by atoms with van der Waals surface area (Å²) in [6.45, 7) is 5.78. The van der Waals surface area contributed by atoms with Crippen LogP contribution in [0.25, 0.3) is 0 Å². The van der Waals surface area contributed by atoms with Crippen LogP contribution in [-0.2, 0) is 9.84 Å². The van der Waals surface area contributed by atoms with E-state index in [9.17, 15) is 8.42 Å². The SMILES string of the molecule is C=C(CCCCC)S(=O)(=O)c1ccccc1. The van der Waals surface area contributed by atoms with E-state index in [0.717, 1.165) is 19.3 Å². The van der Waals surface area contributed by atoms with Crippen LogP contribution in [0.15, 0.2) is 46.7 Å². The smallest absolute Gasteiger partial charge is 0.202 e. The monoisotopic (exact) mass is 238 g/mol. The molecule has 16 heavy (non-hydrogen) atoms. The van der Waals surface area contributed by atoms with Gasteiger partial charge in [-0.15, -0.1) is 0 Å². The molecule has 0 aliphatic rings. The van der Waals surface area contributed by atoms with Crippen molar-refractivity contribution in [2.24, 2.45) is 0 Å². The number of sulfone groups is 1. The second-order valence-corrected chi connectivity index (χ2v) is 5.87. The lowest BCUT2D eigenvalue weighted by atomic mass is 10.2. The summed E-state index contributed by atoms with van der Waals surface area (Å²) in [6.07, 6.45) is 3.58. The van der Waals surface area contributed by atoms with E-state index in [2.05, 4.69) is 13.5 Å². The van der Waals surface area contributed by atoms with Crippen molar-refractivity contribution in [3.05, 3.63) is 41.8 Å². The molecule has 0 fully saturated rings. The van der Waals surface area contributed by atoms with Gasteiger partial charge < -0.3 is 0 Å². The Morgan fingerprint density at radius 1 is 1.19 bits per heavy atom. The Morgan fingerprint density at radius 3 is 2.38 bits per heavy atom. The molecule has 0 aromatic heterocycles. The summed E-state index contributed by atoms with van der Waals surface area (Å²) in [7, 11) is -3.31. The molecular weight excluding hydrogens is 220 g/mol. The fourth-order valence-electron chi connectivity index (χ4n) is 1.47. The first kappa shape index (κ1) is 13.0. The van der Waals surface area contributed by atoms with Crippen LogP contribution in [0.4, 0.5) is 0 Å². The van der Waals surface area contributed by atoms with Gasteiger partial charge in [-0.05, 0) is 25.0 Å². The first-order valence-corrected chi connectivity index (χ1v) is 7.05. The van der Waals surface area contributed by atoms with Gasteiger partial charge in [0.15, 0.2) is 0 Å². The van der Waals surface area contributed by atoms with Gasteiger partial charge in [-0.3, -0.25) is 0 Å². The summed E-state index contributed by atoms with van der Waals surface area (Å²) in [5, 5.41) is 0. The van der Waals surface area contributed by atoms with Crippen LogP contribution in [0.1, 0.15) is 32.6 Å². The maximum atomic E-state index is 12.0. The zero-order chi connectivity index (χ0) is 12.0. The summed E-state index contributed by atoms with van der Waals surface area (Å²) in [5.74, 6) is 0. The van der Waals surface area contributed by atoms with Gasteiger partial charge in [-0.25, -0.2) is 8.42 Å². The minimum Gasteiger partial charge on any atom is -0.219 e. The molecule has 0 aliphatic heterocycles. The molecule has 1 aromatic carbocycles. The van der Waals surface area contributed by atoms with Crippen molar-refractivity contribution in [1.82, 2.24) is 0 Å². The van der Waals surface area contributed by atoms with Crippen molar-refractivity contribution < 1.29 is 8.42 Å². The fourth-order valence-corrected chi connectivity index (χ4v) is 2.73. The maximum Gasteiger partial charge on any atom is 0.202 e. The Hall–Kier alpha value is -1.09. The maximum absolute atomic E-state index is 12.0. The molecule has 0 amide bonds.